The molecule has 1 aliphatic carbocycles. The predicted octanol–water partition coefficient (Wildman–Crippen LogP) is 3.61. The number of aromatic nitrogens is 2. The first kappa shape index (κ1) is 15.6. The fourth-order valence-electron chi connectivity index (χ4n) is 2.66. The van der Waals surface area contributed by atoms with E-state index in [1.165, 1.54) is 5.56 Å². The topological polar surface area (TPSA) is 68.0 Å². The molecule has 1 aliphatic rings. The van der Waals surface area contributed by atoms with Crippen molar-refractivity contribution in [2.75, 3.05) is 0 Å². The predicted molar refractivity (Wildman–Crippen MR) is 94.7 cm³/mol. The smallest absolute Gasteiger partial charge is 0.227 e. The van der Waals surface area contributed by atoms with Crippen molar-refractivity contribution in [3.8, 4) is 22.5 Å². The second kappa shape index (κ2) is 6.89. The zero-order valence-corrected chi connectivity index (χ0v) is 13.8. The van der Waals surface area contributed by atoms with Gasteiger partial charge in [-0.05, 0) is 24.0 Å². The summed E-state index contributed by atoms with van der Waals surface area (Å²) < 4.78 is 5.26. The molecule has 0 bridgehead atoms. The highest BCUT2D eigenvalue weighted by Gasteiger charge is 2.23. The van der Waals surface area contributed by atoms with Gasteiger partial charge in [0, 0.05) is 24.4 Å². The van der Waals surface area contributed by atoms with Gasteiger partial charge >= 0.3 is 0 Å². The number of amides is 1. The lowest BCUT2D eigenvalue weighted by Gasteiger charge is -2.01. The fourth-order valence-corrected chi connectivity index (χ4v) is 2.66. The Balaban J connectivity index is 1.40. The summed E-state index contributed by atoms with van der Waals surface area (Å²) in [7, 11) is 0. The molecule has 3 aromatic rings. The van der Waals surface area contributed by atoms with Crippen LogP contribution in [0.25, 0.3) is 22.5 Å². The minimum absolute atomic E-state index is 0.0504. The Morgan fingerprint density at radius 3 is 2.40 bits per heavy atom. The van der Waals surface area contributed by atoms with Gasteiger partial charge in [0.2, 0.25) is 17.6 Å². The molecule has 1 amide bonds. The summed E-state index contributed by atoms with van der Waals surface area (Å²) in [6.07, 6.45) is 3.03. The largest absolute Gasteiger partial charge is 0.353 e. The minimum atomic E-state index is 0.0504. The molecule has 126 valence electrons. The minimum Gasteiger partial charge on any atom is -0.353 e. The number of benzene rings is 2. The highest BCUT2D eigenvalue weighted by molar-refractivity contribution is 5.76. The fraction of sp³-hybridized carbons (Fsp3) is 0.250. The zero-order valence-electron chi connectivity index (χ0n) is 13.8. The number of carbonyl (C=O) groups is 1. The van der Waals surface area contributed by atoms with E-state index in [4.69, 9.17) is 4.52 Å². The summed E-state index contributed by atoms with van der Waals surface area (Å²) in [5, 5.41) is 6.98. The van der Waals surface area contributed by atoms with E-state index < -0.39 is 0 Å². The molecule has 0 unspecified atom stereocenters. The third-order valence-electron chi connectivity index (χ3n) is 4.23. The van der Waals surface area contributed by atoms with Crippen LogP contribution in [0.2, 0.25) is 0 Å². The Kier molecular flexibility index (Phi) is 4.29. The molecular formula is C20H19N3O2. The van der Waals surface area contributed by atoms with E-state index in [0.717, 1.165) is 24.0 Å². The van der Waals surface area contributed by atoms with Gasteiger partial charge in [-0.2, -0.15) is 4.98 Å². The molecule has 0 saturated heterocycles. The molecule has 1 heterocycles. The van der Waals surface area contributed by atoms with Gasteiger partial charge in [-0.1, -0.05) is 59.8 Å². The summed E-state index contributed by atoms with van der Waals surface area (Å²) in [5.41, 5.74) is 3.21. The van der Waals surface area contributed by atoms with Gasteiger partial charge in [-0.15, -0.1) is 0 Å². The first-order valence-corrected chi connectivity index (χ1v) is 8.56. The van der Waals surface area contributed by atoms with Crippen LogP contribution in [0.15, 0.2) is 59.1 Å². The van der Waals surface area contributed by atoms with E-state index >= 15 is 0 Å². The number of nitrogens with one attached hydrogen (secondary N) is 1. The van der Waals surface area contributed by atoms with Crippen molar-refractivity contribution in [3.05, 3.63) is 60.5 Å². The van der Waals surface area contributed by atoms with E-state index in [2.05, 4.69) is 27.6 Å². The molecule has 1 saturated carbocycles. The highest BCUT2D eigenvalue weighted by atomic mass is 16.5. The highest BCUT2D eigenvalue weighted by Crippen LogP contribution is 2.23. The zero-order chi connectivity index (χ0) is 17.1. The maximum atomic E-state index is 11.7. The number of hydrogen-bond acceptors (Lipinski definition) is 4. The summed E-state index contributed by atoms with van der Waals surface area (Å²) >= 11 is 0. The molecule has 0 atom stereocenters. The Bertz CT molecular complexity index is 852. The lowest BCUT2D eigenvalue weighted by molar-refractivity contribution is -0.121. The Morgan fingerprint density at radius 1 is 1.00 bits per heavy atom. The number of carbonyl (C=O) groups excluding carboxylic acids is 1. The molecule has 5 heteroatoms. The molecular weight excluding hydrogens is 314 g/mol. The van der Waals surface area contributed by atoms with Gasteiger partial charge in [0.25, 0.3) is 0 Å². The standard InChI is InChI=1S/C20H19N3O2/c24-18(21-17-10-11-17)12-13-19-22-20(23-25-19)16-8-6-15(7-9-16)14-4-2-1-3-5-14/h1-9,17H,10-13H2,(H,21,24). The van der Waals surface area contributed by atoms with Crippen LogP contribution < -0.4 is 5.32 Å². The van der Waals surface area contributed by atoms with Gasteiger partial charge in [0.1, 0.15) is 0 Å². The van der Waals surface area contributed by atoms with Crippen molar-refractivity contribution < 1.29 is 9.32 Å². The second-order valence-corrected chi connectivity index (χ2v) is 6.30. The Morgan fingerprint density at radius 2 is 1.68 bits per heavy atom. The van der Waals surface area contributed by atoms with Gasteiger partial charge in [0.05, 0.1) is 0 Å². The Hall–Kier alpha value is -2.95. The van der Waals surface area contributed by atoms with Gasteiger partial charge in [0.15, 0.2) is 0 Å². The van der Waals surface area contributed by atoms with Crippen LogP contribution in [-0.4, -0.2) is 22.1 Å². The quantitative estimate of drug-likeness (QED) is 0.748. The molecule has 4 rings (SSSR count). The normalized spacial score (nSPS) is 13.6. The van der Waals surface area contributed by atoms with Crippen molar-refractivity contribution >= 4 is 5.91 Å². The van der Waals surface area contributed by atoms with Crippen molar-refractivity contribution in [2.45, 2.75) is 31.7 Å². The summed E-state index contributed by atoms with van der Waals surface area (Å²) in [4.78, 5) is 16.1. The molecule has 5 nitrogen and oxygen atoms in total. The lowest BCUT2D eigenvalue weighted by atomic mass is 10.0. The van der Waals surface area contributed by atoms with E-state index in [-0.39, 0.29) is 5.91 Å². The third kappa shape index (κ3) is 3.94. The van der Waals surface area contributed by atoms with Crippen molar-refractivity contribution in [1.82, 2.24) is 15.5 Å². The van der Waals surface area contributed by atoms with E-state index in [0.29, 0.717) is 30.6 Å². The van der Waals surface area contributed by atoms with Gasteiger partial charge < -0.3 is 9.84 Å². The van der Waals surface area contributed by atoms with Crippen LogP contribution in [0.5, 0.6) is 0 Å². The molecule has 0 radical (unpaired) electrons. The van der Waals surface area contributed by atoms with Crippen LogP contribution in [0.1, 0.15) is 25.2 Å². The van der Waals surface area contributed by atoms with E-state index in [9.17, 15) is 4.79 Å². The number of nitrogens with zero attached hydrogens (tertiary/aromatic N) is 2. The van der Waals surface area contributed by atoms with Gasteiger partial charge in [-0.25, -0.2) is 0 Å². The molecule has 0 spiro atoms. The number of aryl methyl sites for hydroxylation is 1. The molecule has 25 heavy (non-hydrogen) atoms. The Labute approximate surface area is 146 Å². The average molecular weight is 333 g/mol. The van der Waals surface area contributed by atoms with Crippen LogP contribution in [-0.2, 0) is 11.2 Å². The van der Waals surface area contributed by atoms with Gasteiger partial charge in [-0.3, -0.25) is 4.79 Å². The molecule has 1 aromatic heterocycles. The lowest BCUT2D eigenvalue weighted by Crippen LogP contribution is -2.25. The average Bonchev–Trinajstić information content (AvgIpc) is 3.34. The first-order valence-electron chi connectivity index (χ1n) is 8.56. The SMILES string of the molecule is O=C(CCc1nc(-c2ccc(-c3ccccc3)cc2)no1)NC1CC1. The summed E-state index contributed by atoms with van der Waals surface area (Å²) in [6, 6.07) is 18.6. The maximum Gasteiger partial charge on any atom is 0.227 e. The van der Waals surface area contributed by atoms with Crippen LogP contribution >= 0.6 is 0 Å². The summed E-state index contributed by atoms with van der Waals surface area (Å²) in [6.45, 7) is 0. The van der Waals surface area contributed by atoms with E-state index in [1.807, 2.05) is 42.5 Å². The number of hydrogen-bond donors (Lipinski definition) is 1. The number of rotatable bonds is 6. The summed E-state index contributed by atoms with van der Waals surface area (Å²) in [5.74, 6) is 1.10. The maximum absolute atomic E-state index is 11.7. The monoisotopic (exact) mass is 333 g/mol. The second-order valence-electron chi connectivity index (χ2n) is 6.30. The van der Waals surface area contributed by atoms with Crippen LogP contribution in [0, 0.1) is 0 Å². The van der Waals surface area contributed by atoms with Crippen molar-refractivity contribution in [1.29, 1.82) is 0 Å². The van der Waals surface area contributed by atoms with Crippen molar-refractivity contribution in [3.63, 3.8) is 0 Å². The molecule has 0 aliphatic heterocycles. The van der Waals surface area contributed by atoms with Crippen LogP contribution in [0.4, 0.5) is 0 Å². The van der Waals surface area contributed by atoms with Crippen molar-refractivity contribution in [2.24, 2.45) is 0 Å². The molecule has 1 fully saturated rings. The van der Waals surface area contributed by atoms with Crippen LogP contribution in [0.3, 0.4) is 0 Å². The third-order valence-corrected chi connectivity index (χ3v) is 4.23. The molecule has 1 N–H and O–H groups in total. The molecule has 2 aromatic carbocycles. The van der Waals surface area contributed by atoms with E-state index in [1.54, 1.807) is 0 Å². The first-order chi connectivity index (χ1) is 12.3.